The van der Waals surface area contributed by atoms with Crippen molar-refractivity contribution < 1.29 is 24.0 Å². The summed E-state index contributed by atoms with van der Waals surface area (Å²) < 4.78 is 0. The number of amides is 5. The van der Waals surface area contributed by atoms with E-state index in [4.69, 9.17) is 5.73 Å². The molecule has 1 atom stereocenters. The van der Waals surface area contributed by atoms with Crippen LogP contribution in [0.1, 0.15) is 33.6 Å². The molecule has 0 bridgehead atoms. The van der Waals surface area contributed by atoms with Crippen LogP contribution in [0.3, 0.4) is 0 Å². The monoisotopic (exact) mass is 399 g/mol. The second-order valence-electron chi connectivity index (χ2n) is 7.22. The lowest BCUT2D eigenvalue weighted by atomic mass is 10.0. The van der Waals surface area contributed by atoms with Crippen molar-refractivity contribution >= 4 is 35.2 Å². The molecular weight excluding hydrogens is 378 g/mol. The molecule has 29 heavy (non-hydrogen) atoms. The summed E-state index contributed by atoms with van der Waals surface area (Å²) in [6.07, 6.45) is 0.194. The molecule has 3 aliphatic rings. The number of nitrogens with two attached hydrogens (primary N) is 1. The largest absolute Gasteiger partial charge is 0.367 e. The van der Waals surface area contributed by atoms with Gasteiger partial charge in [0.25, 0.3) is 11.8 Å². The zero-order valence-corrected chi connectivity index (χ0v) is 15.7. The Balaban J connectivity index is 1.60. The number of fused-ring (bicyclic) bond motifs is 1. The van der Waals surface area contributed by atoms with Crippen molar-refractivity contribution in [2.75, 3.05) is 37.6 Å². The summed E-state index contributed by atoms with van der Waals surface area (Å²) in [6.45, 7) is 1.90. The third-order valence-corrected chi connectivity index (χ3v) is 5.59. The van der Waals surface area contributed by atoms with Crippen molar-refractivity contribution in [3.63, 3.8) is 0 Å². The number of nitrogens with zero attached hydrogens (tertiary/aromatic N) is 3. The quantitative estimate of drug-likeness (QED) is 0.603. The number of carbonyl (C=O) groups excluding carboxylic acids is 5. The molecule has 3 heterocycles. The molecule has 2 saturated heterocycles. The van der Waals surface area contributed by atoms with Crippen LogP contribution in [0.2, 0.25) is 0 Å². The van der Waals surface area contributed by atoms with E-state index in [0.29, 0.717) is 31.9 Å². The lowest BCUT2D eigenvalue weighted by Crippen LogP contribution is -2.54. The molecule has 2 fully saturated rings. The van der Waals surface area contributed by atoms with Crippen molar-refractivity contribution in [1.82, 2.24) is 15.1 Å². The van der Waals surface area contributed by atoms with E-state index in [1.165, 1.54) is 0 Å². The smallest absolute Gasteiger partial charge is 0.264 e. The Bertz CT molecular complexity index is 922. The molecule has 5 amide bonds. The van der Waals surface area contributed by atoms with Crippen LogP contribution in [0, 0.1) is 0 Å². The number of nitrogens with one attached hydrogen (secondary N) is 1. The van der Waals surface area contributed by atoms with Crippen LogP contribution in [0.15, 0.2) is 18.2 Å². The van der Waals surface area contributed by atoms with Crippen LogP contribution < -0.4 is 16.0 Å². The molecule has 0 spiro atoms. The summed E-state index contributed by atoms with van der Waals surface area (Å²) in [7, 11) is 0. The third kappa shape index (κ3) is 3.15. The molecule has 0 aromatic heterocycles. The van der Waals surface area contributed by atoms with Gasteiger partial charge in [0.15, 0.2) is 0 Å². The van der Waals surface area contributed by atoms with E-state index in [0.717, 1.165) is 4.90 Å². The Morgan fingerprint density at radius 3 is 2.45 bits per heavy atom. The maximum absolute atomic E-state index is 13.1. The van der Waals surface area contributed by atoms with Crippen molar-refractivity contribution in [2.24, 2.45) is 5.73 Å². The van der Waals surface area contributed by atoms with E-state index in [-0.39, 0.29) is 36.4 Å². The first-order chi connectivity index (χ1) is 13.9. The minimum absolute atomic E-state index is 0.0470. The summed E-state index contributed by atoms with van der Waals surface area (Å²) in [4.78, 5) is 66.0. The molecule has 1 unspecified atom stereocenters. The predicted molar refractivity (Wildman–Crippen MR) is 101 cm³/mol. The minimum atomic E-state index is -0.994. The van der Waals surface area contributed by atoms with E-state index < -0.39 is 29.7 Å². The number of anilines is 1. The van der Waals surface area contributed by atoms with E-state index in [1.807, 2.05) is 4.90 Å². The average molecular weight is 399 g/mol. The maximum atomic E-state index is 13.1. The Morgan fingerprint density at radius 2 is 1.79 bits per heavy atom. The summed E-state index contributed by atoms with van der Waals surface area (Å²) in [5.41, 5.74) is 6.54. The van der Waals surface area contributed by atoms with Gasteiger partial charge in [-0.15, -0.1) is 0 Å². The first kappa shape index (κ1) is 19.1. The first-order valence-corrected chi connectivity index (χ1v) is 9.49. The van der Waals surface area contributed by atoms with Crippen LogP contribution in [-0.4, -0.2) is 78.1 Å². The summed E-state index contributed by atoms with van der Waals surface area (Å²) >= 11 is 0. The summed E-state index contributed by atoms with van der Waals surface area (Å²) in [5, 5.41) is 2.19. The fourth-order valence-electron chi connectivity index (χ4n) is 4.09. The topological polar surface area (TPSA) is 133 Å². The first-order valence-electron chi connectivity index (χ1n) is 9.49. The van der Waals surface area contributed by atoms with Gasteiger partial charge < -0.3 is 15.5 Å². The van der Waals surface area contributed by atoms with Gasteiger partial charge in [-0.1, -0.05) is 6.07 Å². The Morgan fingerprint density at radius 1 is 1.07 bits per heavy atom. The van der Waals surface area contributed by atoms with Crippen molar-refractivity contribution in [3.8, 4) is 0 Å². The van der Waals surface area contributed by atoms with Crippen LogP contribution >= 0.6 is 0 Å². The Hall–Kier alpha value is -3.27. The molecule has 1 aromatic carbocycles. The van der Waals surface area contributed by atoms with Crippen LogP contribution in [0.25, 0.3) is 0 Å². The Kier molecular flexibility index (Phi) is 4.79. The lowest BCUT2D eigenvalue weighted by Gasteiger charge is -2.36. The zero-order valence-electron chi connectivity index (χ0n) is 15.7. The highest BCUT2D eigenvalue weighted by Crippen LogP contribution is 2.34. The molecule has 3 N–H and O–H groups in total. The van der Waals surface area contributed by atoms with Crippen LogP contribution in [0.5, 0.6) is 0 Å². The van der Waals surface area contributed by atoms with Crippen molar-refractivity contribution in [2.45, 2.75) is 18.9 Å². The van der Waals surface area contributed by atoms with Gasteiger partial charge in [0, 0.05) is 32.6 Å². The van der Waals surface area contributed by atoms with Gasteiger partial charge in [-0.3, -0.25) is 34.2 Å². The standard InChI is InChI=1S/C19H21N5O5/c20-10-15(26)23-8-6-22(7-9-23)12-3-1-2-11-16(12)19(29)24(18(11)28)13-4-5-14(25)21-17(13)27/h1-3,13H,4-10,20H2,(H,21,25,27). The SMILES string of the molecule is NCC(=O)N1CCN(c2cccc3c2C(=O)N(C2CCC(=O)NC2=O)C3=O)CC1. The molecule has 0 aliphatic carbocycles. The zero-order chi connectivity index (χ0) is 20.7. The molecule has 4 rings (SSSR count). The van der Waals surface area contributed by atoms with Gasteiger partial charge in [-0.25, -0.2) is 0 Å². The minimum Gasteiger partial charge on any atom is -0.367 e. The third-order valence-electron chi connectivity index (χ3n) is 5.59. The maximum Gasteiger partial charge on any atom is 0.264 e. The highest BCUT2D eigenvalue weighted by molar-refractivity contribution is 6.25. The van der Waals surface area contributed by atoms with Crippen molar-refractivity contribution in [3.05, 3.63) is 29.3 Å². The van der Waals surface area contributed by atoms with E-state index >= 15 is 0 Å². The van der Waals surface area contributed by atoms with Gasteiger partial charge in [0.05, 0.1) is 23.4 Å². The fourth-order valence-corrected chi connectivity index (χ4v) is 4.09. The molecule has 1 aromatic rings. The van der Waals surface area contributed by atoms with Gasteiger partial charge in [-0.05, 0) is 18.6 Å². The second-order valence-corrected chi connectivity index (χ2v) is 7.22. The fraction of sp³-hybridized carbons (Fsp3) is 0.421. The number of imide groups is 2. The molecule has 0 radical (unpaired) electrons. The van der Waals surface area contributed by atoms with Crippen LogP contribution in [0.4, 0.5) is 5.69 Å². The van der Waals surface area contributed by atoms with Gasteiger partial charge in [-0.2, -0.15) is 0 Å². The van der Waals surface area contributed by atoms with Crippen molar-refractivity contribution in [1.29, 1.82) is 0 Å². The van der Waals surface area contributed by atoms with E-state index in [2.05, 4.69) is 5.32 Å². The number of piperazine rings is 1. The lowest BCUT2D eigenvalue weighted by molar-refractivity contribution is -0.136. The predicted octanol–water partition coefficient (Wildman–Crippen LogP) is -1.30. The van der Waals surface area contributed by atoms with E-state index in [1.54, 1.807) is 23.1 Å². The van der Waals surface area contributed by atoms with Gasteiger partial charge >= 0.3 is 0 Å². The molecule has 0 saturated carbocycles. The van der Waals surface area contributed by atoms with E-state index in [9.17, 15) is 24.0 Å². The van der Waals surface area contributed by atoms with Gasteiger partial charge in [0.2, 0.25) is 17.7 Å². The number of rotatable bonds is 3. The number of hydrogen-bond donors (Lipinski definition) is 2. The normalized spacial score (nSPS) is 22.1. The summed E-state index contributed by atoms with van der Waals surface area (Å²) in [6, 6.07) is 4.04. The molecular formula is C19H21N5O5. The van der Waals surface area contributed by atoms with Crippen LogP contribution in [-0.2, 0) is 14.4 Å². The highest BCUT2D eigenvalue weighted by atomic mass is 16.2. The molecule has 152 valence electrons. The Labute approximate surface area is 166 Å². The van der Waals surface area contributed by atoms with Gasteiger partial charge in [0.1, 0.15) is 6.04 Å². The second kappa shape index (κ2) is 7.28. The number of benzene rings is 1. The molecule has 3 aliphatic heterocycles. The molecule has 10 nitrogen and oxygen atoms in total. The average Bonchev–Trinajstić information content (AvgIpc) is 2.98. The number of carbonyl (C=O) groups is 5. The molecule has 10 heteroatoms. The highest BCUT2D eigenvalue weighted by Gasteiger charge is 2.46. The summed E-state index contributed by atoms with van der Waals surface area (Å²) in [5.74, 6) is -2.23. The number of hydrogen-bond acceptors (Lipinski definition) is 7. The number of piperidine rings is 1.